The minimum absolute atomic E-state index is 0.225. The highest BCUT2D eigenvalue weighted by atomic mass is 35.5. The van der Waals surface area contributed by atoms with Gasteiger partial charge in [-0.15, -0.1) is 0 Å². The topological polar surface area (TPSA) is 64.0 Å². The summed E-state index contributed by atoms with van der Waals surface area (Å²) in [6, 6.07) is 20.9. The minimum atomic E-state index is -0.295. The number of anilines is 2. The second kappa shape index (κ2) is 11.4. The van der Waals surface area contributed by atoms with Crippen molar-refractivity contribution in [3.8, 4) is 16.9 Å². The van der Waals surface area contributed by atoms with Crippen molar-refractivity contribution >= 4 is 34.0 Å². The maximum atomic E-state index is 13.4. The largest absolute Gasteiger partial charge is 0.487 e. The lowest BCUT2D eigenvalue weighted by atomic mass is 10.1. The zero-order chi connectivity index (χ0) is 26.6. The van der Waals surface area contributed by atoms with E-state index in [9.17, 15) is 4.39 Å². The first-order valence-electron chi connectivity index (χ1n) is 13.2. The van der Waals surface area contributed by atoms with E-state index in [2.05, 4.69) is 55.8 Å². The predicted octanol–water partition coefficient (Wildman–Crippen LogP) is 7.36. The van der Waals surface area contributed by atoms with Gasteiger partial charge in [-0.25, -0.2) is 14.4 Å². The Labute approximate surface area is 231 Å². The molecule has 0 aliphatic heterocycles. The van der Waals surface area contributed by atoms with Gasteiger partial charge in [0, 0.05) is 36.1 Å². The SMILES string of the molecule is Fc1cccc(COc2ccc(Nc3ncnc4ccc(-c5ccn(CCCNC6CC6)c5)cc34)cc2Cl)c1. The number of halogens is 2. The van der Waals surface area contributed by atoms with Crippen molar-refractivity contribution < 1.29 is 9.13 Å². The molecule has 0 unspecified atom stereocenters. The number of rotatable bonds is 11. The standard InChI is InChI=1S/C31H29ClFN5O/c32-28-17-26(8-10-30(28)39-19-21-3-1-4-24(33)15-21)37-31-27-16-22(5-9-29(27)35-20-36-31)23-11-14-38(18-23)13-2-12-34-25-6-7-25/h1,3-5,8-11,14-18,20,25,34H,2,6-7,12-13,19H2,(H,35,36,37). The zero-order valence-corrected chi connectivity index (χ0v) is 22.2. The first kappa shape index (κ1) is 25.3. The number of nitrogens with zero attached hydrogens (tertiary/aromatic N) is 3. The number of hydrogen-bond donors (Lipinski definition) is 2. The monoisotopic (exact) mass is 541 g/mol. The number of aromatic nitrogens is 3. The lowest BCUT2D eigenvalue weighted by molar-refractivity contribution is 0.306. The van der Waals surface area contributed by atoms with Gasteiger partial charge in [0.1, 0.15) is 30.3 Å². The summed E-state index contributed by atoms with van der Waals surface area (Å²) < 4.78 is 21.5. The van der Waals surface area contributed by atoms with Gasteiger partial charge in [-0.1, -0.05) is 29.8 Å². The van der Waals surface area contributed by atoms with Crippen LogP contribution in [0.3, 0.4) is 0 Å². The number of benzene rings is 3. The molecule has 0 atom stereocenters. The molecule has 6 rings (SSSR count). The molecule has 1 aliphatic carbocycles. The fraction of sp³-hybridized carbons (Fsp3) is 0.226. The first-order chi connectivity index (χ1) is 19.1. The number of aryl methyl sites for hydroxylation is 1. The zero-order valence-electron chi connectivity index (χ0n) is 21.4. The second-order valence-corrected chi connectivity index (χ2v) is 10.3. The Hall–Kier alpha value is -3.94. The molecule has 198 valence electrons. The van der Waals surface area contributed by atoms with Crippen LogP contribution in [0.5, 0.6) is 5.75 Å². The predicted molar refractivity (Wildman–Crippen MR) is 154 cm³/mol. The molecule has 0 radical (unpaired) electrons. The summed E-state index contributed by atoms with van der Waals surface area (Å²) in [6.45, 7) is 2.28. The molecule has 8 heteroatoms. The fourth-order valence-corrected chi connectivity index (χ4v) is 4.80. The molecule has 1 saturated carbocycles. The third kappa shape index (κ3) is 6.38. The number of fused-ring (bicyclic) bond motifs is 1. The Morgan fingerprint density at radius 1 is 1.00 bits per heavy atom. The minimum Gasteiger partial charge on any atom is -0.487 e. The average Bonchev–Trinajstić information content (AvgIpc) is 3.65. The van der Waals surface area contributed by atoms with Crippen LogP contribution in [0.4, 0.5) is 15.9 Å². The van der Waals surface area contributed by atoms with Gasteiger partial charge in [-0.3, -0.25) is 0 Å². The molecular weight excluding hydrogens is 513 g/mol. The van der Waals surface area contributed by atoms with E-state index in [-0.39, 0.29) is 12.4 Å². The van der Waals surface area contributed by atoms with Gasteiger partial charge in [0.25, 0.3) is 0 Å². The van der Waals surface area contributed by atoms with Crippen LogP contribution in [-0.2, 0) is 13.2 Å². The molecule has 2 N–H and O–H groups in total. The van der Waals surface area contributed by atoms with E-state index in [1.165, 1.54) is 25.0 Å². The number of nitrogens with one attached hydrogen (secondary N) is 2. The van der Waals surface area contributed by atoms with Crippen molar-refractivity contribution in [2.75, 3.05) is 11.9 Å². The van der Waals surface area contributed by atoms with Crippen molar-refractivity contribution in [3.63, 3.8) is 0 Å². The van der Waals surface area contributed by atoms with Crippen molar-refractivity contribution in [1.82, 2.24) is 19.9 Å². The molecule has 2 heterocycles. The third-order valence-corrected chi connectivity index (χ3v) is 7.10. The Morgan fingerprint density at radius 3 is 2.77 bits per heavy atom. The van der Waals surface area contributed by atoms with E-state index in [0.29, 0.717) is 16.6 Å². The highest BCUT2D eigenvalue weighted by Gasteiger charge is 2.19. The molecule has 0 bridgehead atoms. The normalized spacial score (nSPS) is 13.1. The fourth-order valence-electron chi connectivity index (χ4n) is 4.56. The Balaban J connectivity index is 1.15. The summed E-state index contributed by atoms with van der Waals surface area (Å²) in [4.78, 5) is 8.95. The molecule has 0 amide bonds. The molecular formula is C31H29ClFN5O. The molecule has 1 aliphatic rings. The number of ether oxygens (including phenoxy) is 1. The summed E-state index contributed by atoms with van der Waals surface area (Å²) in [7, 11) is 0. The van der Waals surface area contributed by atoms with Gasteiger partial charge in [-0.05, 0) is 91.0 Å². The van der Waals surface area contributed by atoms with E-state index in [4.69, 9.17) is 16.3 Å². The average molecular weight is 542 g/mol. The quantitative estimate of drug-likeness (QED) is 0.171. The molecule has 0 spiro atoms. The van der Waals surface area contributed by atoms with Crippen LogP contribution in [0, 0.1) is 5.82 Å². The highest BCUT2D eigenvalue weighted by molar-refractivity contribution is 6.32. The molecule has 6 nitrogen and oxygen atoms in total. The molecule has 39 heavy (non-hydrogen) atoms. The van der Waals surface area contributed by atoms with Crippen molar-refractivity contribution in [2.24, 2.45) is 0 Å². The Morgan fingerprint density at radius 2 is 1.92 bits per heavy atom. The van der Waals surface area contributed by atoms with Crippen molar-refractivity contribution in [1.29, 1.82) is 0 Å². The van der Waals surface area contributed by atoms with E-state index < -0.39 is 0 Å². The Bertz CT molecular complexity index is 1600. The van der Waals surface area contributed by atoms with Crippen LogP contribution in [0.1, 0.15) is 24.8 Å². The summed E-state index contributed by atoms with van der Waals surface area (Å²) in [5.41, 5.74) is 4.62. The van der Waals surface area contributed by atoms with Gasteiger partial charge in [0.05, 0.1) is 10.5 Å². The van der Waals surface area contributed by atoms with Crippen LogP contribution in [0.2, 0.25) is 5.02 Å². The summed E-state index contributed by atoms with van der Waals surface area (Å²) in [5, 5.41) is 8.31. The van der Waals surface area contributed by atoms with Crippen LogP contribution < -0.4 is 15.4 Å². The molecule has 1 fully saturated rings. The van der Waals surface area contributed by atoms with Gasteiger partial charge in [0.2, 0.25) is 0 Å². The Kier molecular flexibility index (Phi) is 7.43. The van der Waals surface area contributed by atoms with E-state index in [1.807, 2.05) is 18.2 Å². The van der Waals surface area contributed by atoms with Crippen molar-refractivity contribution in [3.05, 3.63) is 102 Å². The van der Waals surface area contributed by atoms with Gasteiger partial charge >= 0.3 is 0 Å². The third-order valence-electron chi connectivity index (χ3n) is 6.80. The van der Waals surface area contributed by atoms with E-state index >= 15 is 0 Å². The van der Waals surface area contributed by atoms with Gasteiger partial charge in [0.15, 0.2) is 0 Å². The van der Waals surface area contributed by atoms with E-state index in [0.717, 1.165) is 58.8 Å². The van der Waals surface area contributed by atoms with Crippen molar-refractivity contribution in [2.45, 2.75) is 38.5 Å². The lowest BCUT2D eigenvalue weighted by Gasteiger charge is -2.12. The highest BCUT2D eigenvalue weighted by Crippen LogP contribution is 2.32. The van der Waals surface area contributed by atoms with Crippen LogP contribution >= 0.6 is 11.6 Å². The van der Waals surface area contributed by atoms with Crippen LogP contribution in [0.25, 0.3) is 22.0 Å². The summed E-state index contributed by atoms with van der Waals surface area (Å²) in [5.74, 6) is 0.919. The van der Waals surface area contributed by atoms with Gasteiger partial charge < -0.3 is 19.9 Å². The second-order valence-electron chi connectivity index (χ2n) is 9.86. The van der Waals surface area contributed by atoms with Crippen LogP contribution in [0.15, 0.2) is 85.5 Å². The maximum absolute atomic E-state index is 13.4. The molecule has 5 aromatic rings. The lowest BCUT2D eigenvalue weighted by Crippen LogP contribution is -2.18. The first-order valence-corrected chi connectivity index (χ1v) is 13.6. The molecule has 2 aromatic heterocycles. The van der Waals surface area contributed by atoms with Gasteiger partial charge in [-0.2, -0.15) is 0 Å². The summed E-state index contributed by atoms with van der Waals surface area (Å²) in [6.07, 6.45) is 9.63. The van der Waals surface area contributed by atoms with E-state index in [1.54, 1.807) is 24.5 Å². The summed E-state index contributed by atoms with van der Waals surface area (Å²) >= 11 is 6.50. The van der Waals surface area contributed by atoms with Crippen LogP contribution in [-0.4, -0.2) is 27.1 Å². The molecule has 0 saturated heterocycles. The number of hydrogen-bond acceptors (Lipinski definition) is 5. The smallest absolute Gasteiger partial charge is 0.141 e. The molecule has 3 aromatic carbocycles. The maximum Gasteiger partial charge on any atom is 0.141 e.